The first-order chi connectivity index (χ1) is 9.42. The van der Waals surface area contributed by atoms with E-state index in [0.717, 1.165) is 18.9 Å². The molecule has 1 aromatic rings. The van der Waals surface area contributed by atoms with Crippen molar-refractivity contribution in [3.63, 3.8) is 0 Å². The molecule has 0 aliphatic rings. The summed E-state index contributed by atoms with van der Waals surface area (Å²) in [5.41, 5.74) is 4.40. The molecule has 0 unspecified atom stereocenters. The van der Waals surface area contributed by atoms with Gasteiger partial charge in [-0.3, -0.25) is 14.9 Å². The SMILES string of the molecule is CCCCN(CC)C(=O)c1cc(N)c(F)cc1[N+](=O)[O-]. The minimum atomic E-state index is -0.898. The summed E-state index contributed by atoms with van der Waals surface area (Å²) < 4.78 is 13.3. The summed E-state index contributed by atoms with van der Waals surface area (Å²) in [4.78, 5) is 24.0. The van der Waals surface area contributed by atoms with Gasteiger partial charge in [0.05, 0.1) is 16.7 Å². The van der Waals surface area contributed by atoms with Gasteiger partial charge in [-0.05, 0) is 19.4 Å². The van der Waals surface area contributed by atoms with Crippen LogP contribution in [0.25, 0.3) is 0 Å². The van der Waals surface area contributed by atoms with Gasteiger partial charge in [-0.25, -0.2) is 4.39 Å². The van der Waals surface area contributed by atoms with E-state index in [1.165, 1.54) is 4.90 Å². The molecule has 0 bridgehead atoms. The fourth-order valence-electron chi connectivity index (χ4n) is 1.82. The fraction of sp³-hybridized carbons (Fsp3) is 0.462. The quantitative estimate of drug-likeness (QED) is 0.493. The molecule has 20 heavy (non-hydrogen) atoms. The predicted octanol–water partition coefficient (Wildman–Crippen LogP) is 2.58. The van der Waals surface area contributed by atoms with Crippen molar-refractivity contribution in [1.29, 1.82) is 0 Å². The number of nitrogens with two attached hydrogens (primary N) is 1. The van der Waals surface area contributed by atoms with Gasteiger partial charge >= 0.3 is 0 Å². The van der Waals surface area contributed by atoms with E-state index in [1.54, 1.807) is 6.92 Å². The van der Waals surface area contributed by atoms with Gasteiger partial charge in [0.25, 0.3) is 11.6 Å². The zero-order valence-electron chi connectivity index (χ0n) is 11.6. The number of amides is 1. The molecular weight excluding hydrogens is 265 g/mol. The minimum Gasteiger partial charge on any atom is -0.396 e. The Hall–Kier alpha value is -2.18. The Morgan fingerprint density at radius 3 is 2.60 bits per heavy atom. The number of carbonyl (C=O) groups is 1. The molecule has 6 nitrogen and oxygen atoms in total. The van der Waals surface area contributed by atoms with Crippen LogP contribution in [0.4, 0.5) is 15.8 Å². The van der Waals surface area contributed by atoms with Crippen molar-refractivity contribution >= 4 is 17.3 Å². The Kier molecular flexibility index (Phi) is 5.42. The smallest absolute Gasteiger partial charge is 0.285 e. The van der Waals surface area contributed by atoms with Crippen LogP contribution in [0.15, 0.2) is 12.1 Å². The monoisotopic (exact) mass is 283 g/mol. The molecule has 2 N–H and O–H groups in total. The van der Waals surface area contributed by atoms with Crippen molar-refractivity contribution in [2.24, 2.45) is 0 Å². The van der Waals surface area contributed by atoms with Gasteiger partial charge < -0.3 is 10.6 Å². The minimum absolute atomic E-state index is 0.174. The molecular formula is C13H18FN3O3. The number of hydrogen-bond acceptors (Lipinski definition) is 4. The van der Waals surface area contributed by atoms with Crippen molar-refractivity contribution in [2.45, 2.75) is 26.7 Å². The zero-order chi connectivity index (χ0) is 15.3. The van der Waals surface area contributed by atoms with E-state index in [-0.39, 0.29) is 11.3 Å². The fourth-order valence-corrected chi connectivity index (χ4v) is 1.82. The van der Waals surface area contributed by atoms with Gasteiger partial charge in [-0.15, -0.1) is 0 Å². The number of carbonyl (C=O) groups excluding carboxylic acids is 1. The molecule has 0 atom stereocenters. The van der Waals surface area contributed by atoms with E-state index in [1.807, 2.05) is 6.92 Å². The maximum absolute atomic E-state index is 13.3. The van der Waals surface area contributed by atoms with Crippen molar-refractivity contribution in [3.05, 3.63) is 33.6 Å². The normalized spacial score (nSPS) is 10.3. The highest BCUT2D eigenvalue weighted by Crippen LogP contribution is 2.25. The van der Waals surface area contributed by atoms with Crippen LogP contribution >= 0.6 is 0 Å². The number of hydrogen-bond donors (Lipinski definition) is 1. The molecule has 0 aliphatic carbocycles. The molecule has 1 rings (SSSR count). The first-order valence-electron chi connectivity index (χ1n) is 6.45. The van der Waals surface area contributed by atoms with Crippen molar-refractivity contribution in [3.8, 4) is 0 Å². The average Bonchev–Trinajstić information content (AvgIpc) is 2.41. The molecule has 1 amide bonds. The van der Waals surface area contributed by atoms with E-state index in [9.17, 15) is 19.3 Å². The van der Waals surface area contributed by atoms with Crippen molar-refractivity contribution < 1.29 is 14.1 Å². The number of nitrogen functional groups attached to an aromatic ring is 1. The number of nitro groups is 1. The zero-order valence-corrected chi connectivity index (χ0v) is 11.6. The summed E-state index contributed by atoms with van der Waals surface area (Å²) in [6, 6.07) is 1.72. The van der Waals surface area contributed by atoms with Crippen LogP contribution in [0.5, 0.6) is 0 Å². The van der Waals surface area contributed by atoms with Gasteiger partial charge in [0.1, 0.15) is 5.56 Å². The lowest BCUT2D eigenvalue weighted by Crippen LogP contribution is -2.32. The van der Waals surface area contributed by atoms with Gasteiger partial charge in [0.2, 0.25) is 0 Å². The Morgan fingerprint density at radius 2 is 2.10 bits per heavy atom. The highest BCUT2D eigenvalue weighted by molar-refractivity contribution is 5.99. The second-order valence-electron chi connectivity index (χ2n) is 4.39. The maximum Gasteiger partial charge on any atom is 0.285 e. The van der Waals surface area contributed by atoms with Crippen molar-refractivity contribution in [2.75, 3.05) is 18.8 Å². The number of benzene rings is 1. The van der Waals surface area contributed by atoms with E-state index in [4.69, 9.17) is 5.73 Å². The largest absolute Gasteiger partial charge is 0.396 e. The number of anilines is 1. The van der Waals surface area contributed by atoms with Crippen LogP contribution in [0, 0.1) is 15.9 Å². The van der Waals surface area contributed by atoms with Gasteiger partial charge in [-0.2, -0.15) is 0 Å². The lowest BCUT2D eigenvalue weighted by atomic mass is 10.1. The first-order valence-corrected chi connectivity index (χ1v) is 6.45. The van der Waals surface area contributed by atoms with Crippen LogP contribution in [0.3, 0.4) is 0 Å². The molecule has 0 radical (unpaired) electrons. The second kappa shape index (κ2) is 6.83. The molecule has 0 heterocycles. The molecule has 110 valence electrons. The van der Waals surface area contributed by atoms with Crippen LogP contribution in [-0.2, 0) is 0 Å². The Balaban J connectivity index is 3.19. The van der Waals surface area contributed by atoms with E-state index in [2.05, 4.69) is 0 Å². The van der Waals surface area contributed by atoms with Crippen LogP contribution < -0.4 is 5.73 Å². The van der Waals surface area contributed by atoms with E-state index in [0.29, 0.717) is 19.2 Å². The summed E-state index contributed by atoms with van der Waals surface area (Å²) in [5, 5.41) is 10.9. The number of rotatable bonds is 6. The Bertz CT molecular complexity index is 520. The lowest BCUT2D eigenvalue weighted by Gasteiger charge is -2.20. The lowest BCUT2D eigenvalue weighted by molar-refractivity contribution is -0.385. The summed E-state index contributed by atoms with van der Waals surface area (Å²) >= 11 is 0. The molecule has 0 fully saturated rings. The molecule has 0 aromatic heterocycles. The first kappa shape index (κ1) is 15.9. The predicted molar refractivity (Wildman–Crippen MR) is 74.0 cm³/mol. The molecule has 0 saturated heterocycles. The summed E-state index contributed by atoms with van der Waals surface area (Å²) in [7, 11) is 0. The molecule has 1 aromatic carbocycles. The van der Waals surface area contributed by atoms with Gasteiger partial charge in [0, 0.05) is 13.1 Å². The molecule has 0 saturated carbocycles. The third-order valence-electron chi connectivity index (χ3n) is 2.99. The van der Waals surface area contributed by atoms with E-state index >= 15 is 0 Å². The second-order valence-corrected chi connectivity index (χ2v) is 4.39. The summed E-state index contributed by atoms with van der Waals surface area (Å²) in [6.45, 7) is 4.69. The highest BCUT2D eigenvalue weighted by atomic mass is 19.1. The number of nitrogens with zero attached hydrogens (tertiary/aromatic N) is 2. The van der Waals surface area contributed by atoms with Crippen LogP contribution in [-0.4, -0.2) is 28.8 Å². The van der Waals surface area contributed by atoms with Gasteiger partial charge in [-0.1, -0.05) is 13.3 Å². The topological polar surface area (TPSA) is 89.5 Å². The van der Waals surface area contributed by atoms with Crippen molar-refractivity contribution in [1.82, 2.24) is 4.90 Å². The van der Waals surface area contributed by atoms with E-state index < -0.39 is 22.3 Å². The molecule has 0 spiro atoms. The third kappa shape index (κ3) is 3.43. The van der Waals surface area contributed by atoms with Gasteiger partial charge in [0.15, 0.2) is 5.82 Å². The summed E-state index contributed by atoms with van der Waals surface area (Å²) in [6.07, 6.45) is 1.70. The highest BCUT2D eigenvalue weighted by Gasteiger charge is 2.25. The Labute approximate surface area is 116 Å². The number of unbranched alkanes of at least 4 members (excludes halogenated alkanes) is 1. The van der Waals surface area contributed by atoms with Crippen LogP contribution in [0.1, 0.15) is 37.0 Å². The standard InChI is InChI=1S/C13H18FN3O3/c1-3-5-6-16(4-2)13(18)9-7-11(15)10(14)8-12(9)17(19)20/h7-8H,3-6,15H2,1-2H3. The number of halogens is 1. The average molecular weight is 283 g/mol. The summed E-state index contributed by atoms with van der Waals surface area (Å²) in [5.74, 6) is -1.40. The third-order valence-corrected chi connectivity index (χ3v) is 2.99. The molecule has 7 heteroatoms. The van der Waals surface area contributed by atoms with Crippen LogP contribution in [0.2, 0.25) is 0 Å². The Morgan fingerprint density at radius 1 is 1.45 bits per heavy atom. The molecule has 0 aliphatic heterocycles. The maximum atomic E-state index is 13.3. The number of nitro benzene ring substituents is 1.